The van der Waals surface area contributed by atoms with Crippen LogP contribution in [0.2, 0.25) is 5.02 Å². The Kier molecular flexibility index (Phi) is 4.37. The number of halogens is 1. The van der Waals surface area contributed by atoms with Gasteiger partial charge < -0.3 is 11.1 Å². The molecule has 0 aliphatic rings. The van der Waals surface area contributed by atoms with Gasteiger partial charge in [0, 0.05) is 12.8 Å². The molecule has 5 nitrogen and oxygen atoms in total. The molecule has 0 spiro atoms. The number of hydrogen-bond acceptors (Lipinski definition) is 5. The Labute approximate surface area is 99.9 Å². The van der Waals surface area contributed by atoms with Gasteiger partial charge in [-0.15, -0.1) is 0 Å². The standard InChI is InChI=1S/C9H14ClN3O2S/c1-16(14,15)4-2-3-12-9-8(10)5-7(11)6-13-9/h5-6H,2-4,11H2,1H3,(H,12,13). The molecule has 0 aromatic carbocycles. The number of nitrogen functional groups attached to an aromatic ring is 1. The van der Waals surface area contributed by atoms with E-state index in [2.05, 4.69) is 10.3 Å². The summed E-state index contributed by atoms with van der Waals surface area (Å²) in [6.45, 7) is 0.504. The van der Waals surface area contributed by atoms with Crippen molar-refractivity contribution in [2.45, 2.75) is 6.42 Å². The second kappa shape index (κ2) is 5.36. The van der Waals surface area contributed by atoms with E-state index in [1.54, 1.807) is 6.07 Å². The van der Waals surface area contributed by atoms with Crippen LogP contribution < -0.4 is 11.1 Å². The number of nitrogens with zero attached hydrogens (tertiary/aromatic N) is 1. The van der Waals surface area contributed by atoms with Gasteiger partial charge in [0.1, 0.15) is 15.7 Å². The zero-order chi connectivity index (χ0) is 12.2. The first-order chi connectivity index (χ1) is 7.38. The maximum atomic E-state index is 10.9. The van der Waals surface area contributed by atoms with Crippen LogP contribution in [0.15, 0.2) is 12.3 Å². The van der Waals surface area contributed by atoms with E-state index in [9.17, 15) is 8.42 Å². The summed E-state index contributed by atoms with van der Waals surface area (Å²) in [5.74, 6) is 0.663. The van der Waals surface area contributed by atoms with Crippen molar-refractivity contribution in [1.29, 1.82) is 0 Å². The summed E-state index contributed by atoms with van der Waals surface area (Å²) in [6, 6.07) is 1.59. The van der Waals surface area contributed by atoms with E-state index in [0.29, 0.717) is 29.5 Å². The van der Waals surface area contributed by atoms with Crippen molar-refractivity contribution < 1.29 is 8.42 Å². The molecule has 1 heterocycles. The SMILES string of the molecule is CS(=O)(=O)CCCNc1ncc(N)cc1Cl. The van der Waals surface area contributed by atoms with Gasteiger partial charge in [0.2, 0.25) is 0 Å². The fourth-order valence-corrected chi connectivity index (χ4v) is 2.03. The molecule has 7 heteroatoms. The number of nitrogens with two attached hydrogens (primary N) is 1. The zero-order valence-corrected chi connectivity index (χ0v) is 10.5. The number of anilines is 2. The lowest BCUT2D eigenvalue weighted by Crippen LogP contribution is -2.10. The van der Waals surface area contributed by atoms with Crippen LogP contribution in [0.3, 0.4) is 0 Å². The molecule has 90 valence electrons. The van der Waals surface area contributed by atoms with Crippen molar-refractivity contribution in [3.05, 3.63) is 17.3 Å². The number of sulfone groups is 1. The van der Waals surface area contributed by atoms with Crippen molar-refractivity contribution in [2.24, 2.45) is 0 Å². The van der Waals surface area contributed by atoms with Gasteiger partial charge in [-0.1, -0.05) is 11.6 Å². The van der Waals surface area contributed by atoms with Crippen molar-refractivity contribution in [1.82, 2.24) is 4.98 Å². The topological polar surface area (TPSA) is 85.1 Å². The van der Waals surface area contributed by atoms with Crippen molar-refractivity contribution in [3.8, 4) is 0 Å². The van der Waals surface area contributed by atoms with Gasteiger partial charge >= 0.3 is 0 Å². The third kappa shape index (κ3) is 4.67. The summed E-state index contributed by atoms with van der Waals surface area (Å²) in [6.07, 6.45) is 3.22. The molecule has 0 saturated carbocycles. The molecule has 16 heavy (non-hydrogen) atoms. The number of rotatable bonds is 5. The molecule has 0 aliphatic heterocycles. The monoisotopic (exact) mass is 263 g/mol. The first-order valence-electron chi connectivity index (χ1n) is 4.71. The Morgan fingerprint density at radius 2 is 2.25 bits per heavy atom. The molecule has 1 aromatic heterocycles. The average Bonchev–Trinajstić information content (AvgIpc) is 2.13. The highest BCUT2D eigenvalue weighted by Gasteiger charge is 2.04. The van der Waals surface area contributed by atoms with E-state index < -0.39 is 9.84 Å². The van der Waals surface area contributed by atoms with Crippen LogP contribution in [0.1, 0.15) is 6.42 Å². The smallest absolute Gasteiger partial charge is 0.147 e. The summed E-state index contributed by atoms with van der Waals surface area (Å²) in [5.41, 5.74) is 5.98. The fourth-order valence-electron chi connectivity index (χ4n) is 1.12. The van der Waals surface area contributed by atoms with E-state index in [0.717, 1.165) is 0 Å². The van der Waals surface area contributed by atoms with Crippen molar-refractivity contribution in [2.75, 3.05) is 29.6 Å². The molecular weight excluding hydrogens is 250 g/mol. The minimum absolute atomic E-state index is 0.145. The number of aromatic nitrogens is 1. The second-order valence-corrected chi connectivity index (χ2v) is 6.18. The van der Waals surface area contributed by atoms with Gasteiger partial charge in [-0.3, -0.25) is 0 Å². The molecule has 0 aliphatic carbocycles. The normalized spacial score (nSPS) is 11.4. The Bertz CT molecular complexity index is 462. The summed E-state index contributed by atoms with van der Waals surface area (Å²) < 4.78 is 21.7. The van der Waals surface area contributed by atoms with Crippen LogP contribution in [0.25, 0.3) is 0 Å². The second-order valence-electron chi connectivity index (χ2n) is 3.51. The maximum Gasteiger partial charge on any atom is 0.147 e. The van der Waals surface area contributed by atoms with Gasteiger partial charge in [0.05, 0.1) is 22.7 Å². The first-order valence-corrected chi connectivity index (χ1v) is 7.15. The molecule has 3 N–H and O–H groups in total. The number of pyridine rings is 1. The zero-order valence-electron chi connectivity index (χ0n) is 8.90. The van der Waals surface area contributed by atoms with Crippen molar-refractivity contribution in [3.63, 3.8) is 0 Å². The number of hydrogen-bond donors (Lipinski definition) is 2. The predicted molar refractivity (Wildman–Crippen MR) is 66.5 cm³/mol. The van der Waals surface area contributed by atoms with E-state index in [4.69, 9.17) is 17.3 Å². The average molecular weight is 264 g/mol. The summed E-state index contributed by atoms with van der Waals surface area (Å²) >= 11 is 5.88. The van der Waals surface area contributed by atoms with Crippen LogP contribution in [-0.4, -0.2) is 32.0 Å². The minimum Gasteiger partial charge on any atom is -0.397 e. The highest BCUT2D eigenvalue weighted by Crippen LogP contribution is 2.20. The van der Waals surface area contributed by atoms with Crippen LogP contribution in [0.5, 0.6) is 0 Å². The molecule has 0 bridgehead atoms. The van der Waals surface area contributed by atoms with Gasteiger partial charge in [-0.2, -0.15) is 0 Å². The van der Waals surface area contributed by atoms with Crippen LogP contribution in [-0.2, 0) is 9.84 Å². The molecule has 1 aromatic rings. The fraction of sp³-hybridized carbons (Fsp3) is 0.444. The largest absolute Gasteiger partial charge is 0.397 e. The Hall–Kier alpha value is -1.01. The Morgan fingerprint density at radius 1 is 1.56 bits per heavy atom. The Morgan fingerprint density at radius 3 is 2.81 bits per heavy atom. The minimum atomic E-state index is -2.91. The Balaban J connectivity index is 2.43. The van der Waals surface area contributed by atoms with Gasteiger partial charge in [-0.05, 0) is 12.5 Å². The molecule has 0 atom stereocenters. The van der Waals surface area contributed by atoms with Gasteiger partial charge in [0.25, 0.3) is 0 Å². The molecule has 0 radical (unpaired) electrons. The molecule has 0 saturated heterocycles. The third-order valence-electron chi connectivity index (χ3n) is 1.85. The highest BCUT2D eigenvalue weighted by molar-refractivity contribution is 7.90. The lowest BCUT2D eigenvalue weighted by atomic mass is 10.4. The maximum absolute atomic E-state index is 10.9. The molecule has 0 fully saturated rings. The third-order valence-corrected chi connectivity index (χ3v) is 3.17. The van der Waals surface area contributed by atoms with Crippen molar-refractivity contribution >= 4 is 32.9 Å². The first kappa shape index (κ1) is 13.1. The van der Waals surface area contributed by atoms with Gasteiger partial charge in [-0.25, -0.2) is 13.4 Å². The highest BCUT2D eigenvalue weighted by atomic mass is 35.5. The van der Waals surface area contributed by atoms with E-state index >= 15 is 0 Å². The molecule has 0 amide bonds. The summed E-state index contributed by atoms with van der Waals surface area (Å²) in [5, 5.41) is 3.38. The molecular formula is C9H14ClN3O2S. The van der Waals surface area contributed by atoms with Crippen LogP contribution >= 0.6 is 11.6 Å². The number of nitrogens with one attached hydrogen (secondary N) is 1. The lowest BCUT2D eigenvalue weighted by Gasteiger charge is -2.07. The van der Waals surface area contributed by atoms with E-state index in [-0.39, 0.29) is 5.75 Å². The van der Waals surface area contributed by atoms with E-state index in [1.807, 2.05) is 0 Å². The summed E-state index contributed by atoms with van der Waals surface area (Å²) in [7, 11) is -2.91. The lowest BCUT2D eigenvalue weighted by molar-refractivity contribution is 0.600. The van der Waals surface area contributed by atoms with Gasteiger partial charge in [0.15, 0.2) is 0 Å². The van der Waals surface area contributed by atoms with E-state index in [1.165, 1.54) is 12.5 Å². The van der Waals surface area contributed by atoms with Crippen LogP contribution in [0, 0.1) is 0 Å². The quantitative estimate of drug-likeness (QED) is 0.779. The summed E-state index contributed by atoms with van der Waals surface area (Å²) in [4.78, 5) is 3.99. The molecule has 1 rings (SSSR count). The van der Waals surface area contributed by atoms with Crippen LogP contribution in [0.4, 0.5) is 11.5 Å². The molecule has 0 unspecified atom stereocenters. The predicted octanol–water partition coefficient (Wildman–Crippen LogP) is 1.16.